The van der Waals surface area contributed by atoms with Gasteiger partial charge in [-0.3, -0.25) is 0 Å². The average molecular weight is 607 g/mol. The molecule has 236 valence electrons. The lowest BCUT2D eigenvalue weighted by molar-refractivity contribution is -0.194. The minimum absolute atomic E-state index is 0.0569. The van der Waals surface area contributed by atoms with Crippen LogP contribution in [0.25, 0.3) is 0 Å². The second-order valence-corrected chi connectivity index (χ2v) is 25.5. The molecular formula is C34H62O5Si2. The zero-order valence-electron chi connectivity index (χ0n) is 28.5. The molecule has 1 N–H and O–H groups in total. The predicted molar refractivity (Wildman–Crippen MR) is 176 cm³/mol. The van der Waals surface area contributed by atoms with Gasteiger partial charge in [0.15, 0.2) is 16.6 Å². The maximum Gasteiger partial charge on any atom is 0.362 e. The average Bonchev–Trinajstić information content (AvgIpc) is 3.48. The molecule has 41 heavy (non-hydrogen) atoms. The lowest BCUT2D eigenvalue weighted by Crippen LogP contribution is -2.60. The quantitative estimate of drug-likeness (QED) is 0.0661. The number of carboxylic acid groups (broad SMARTS) is 1. The normalized spacial score (nSPS) is 24.6. The fourth-order valence-corrected chi connectivity index (χ4v) is 8.38. The molecule has 0 aromatic rings. The van der Waals surface area contributed by atoms with Crippen LogP contribution >= 0.6 is 0 Å². The minimum atomic E-state index is -2.45. The van der Waals surface area contributed by atoms with E-state index >= 15 is 0 Å². The Morgan fingerprint density at radius 2 is 1.61 bits per heavy atom. The fourth-order valence-electron chi connectivity index (χ4n) is 5.57. The lowest BCUT2D eigenvalue weighted by atomic mass is 9.84. The summed E-state index contributed by atoms with van der Waals surface area (Å²) in [6.07, 6.45) is 9.20. The van der Waals surface area contributed by atoms with Gasteiger partial charge in [-0.05, 0) is 99.5 Å². The van der Waals surface area contributed by atoms with Crippen molar-refractivity contribution in [1.29, 1.82) is 0 Å². The number of carboxylic acids is 1. The summed E-state index contributed by atoms with van der Waals surface area (Å²) in [7, 11) is -4.90. The molecule has 7 heteroatoms. The first-order valence-electron chi connectivity index (χ1n) is 16.0. The topological polar surface area (TPSA) is 68.3 Å². The molecule has 1 saturated heterocycles. The van der Waals surface area contributed by atoms with Crippen LogP contribution in [0.2, 0.25) is 36.3 Å². The third-order valence-electron chi connectivity index (χ3n) is 10.5. The van der Waals surface area contributed by atoms with Crippen LogP contribution in [0.15, 0.2) is 12.2 Å². The molecule has 5 nitrogen and oxygen atoms in total. The van der Waals surface area contributed by atoms with Gasteiger partial charge in [-0.2, -0.15) is 0 Å². The summed E-state index contributed by atoms with van der Waals surface area (Å²) in [5.41, 5.74) is 1.37. The molecule has 2 aliphatic rings. The highest BCUT2D eigenvalue weighted by atomic mass is 28.4. The Hall–Kier alpha value is -0.916. The monoisotopic (exact) mass is 606 g/mol. The van der Waals surface area contributed by atoms with Crippen LogP contribution in [0.3, 0.4) is 0 Å². The van der Waals surface area contributed by atoms with E-state index in [1.165, 1.54) is 31.3 Å². The first kappa shape index (κ1) is 36.3. The van der Waals surface area contributed by atoms with Crippen molar-refractivity contribution in [2.75, 3.05) is 0 Å². The minimum Gasteiger partial charge on any atom is -0.477 e. The summed E-state index contributed by atoms with van der Waals surface area (Å²) in [6, 6.07) is 0. The summed E-state index contributed by atoms with van der Waals surface area (Å²) in [4.78, 5) is 13.1. The molecule has 2 unspecified atom stereocenters. The molecule has 0 bridgehead atoms. The molecule has 0 radical (unpaired) electrons. The zero-order chi connectivity index (χ0) is 31.4. The van der Waals surface area contributed by atoms with Crippen molar-refractivity contribution in [1.82, 2.24) is 0 Å². The molecule has 5 atom stereocenters. The maximum absolute atomic E-state index is 13.1. The van der Waals surface area contributed by atoms with Gasteiger partial charge in [0.2, 0.25) is 0 Å². The summed E-state index contributed by atoms with van der Waals surface area (Å²) in [6.45, 7) is 29.9. The number of allylic oxidation sites excluding steroid dienone is 1. The van der Waals surface area contributed by atoms with E-state index in [4.69, 9.17) is 13.6 Å². The Bertz CT molecular complexity index is 934. The van der Waals surface area contributed by atoms with E-state index in [0.717, 1.165) is 19.3 Å². The van der Waals surface area contributed by atoms with Crippen molar-refractivity contribution >= 4 is 22.6 Å². The molecule has 1 aliphatic heterocycles. The van der Waals surface area contributed by atoms with Crippen molar-refractivity contribution in [3.05, 3.63) is 12.2 Å². The van der Waals surface area contributed by atoms with Gasteiger partial charge in [0, 0.05) is 12.8 Å². The molecule has 2 fully saturated rings. The van der Waals surface area contributed by atoms with E-state index < -0.39 is 28.4 Å². The first-order valence-corrected chi connectivity index (χ1v) is 21.8. The number of rotatable bonds is 15. The van der Waals surface area contributed by atoms with Crippen molar-refractivity contribution in [2.45, 2.75) is 167 Å². The van der Waals surface area contributed by atoms with Crippen molar-refractivity contribution in [2.24, 2.45) is 17.8 Å². The Morgan fingerprint density at radius 3 is 2.10 bits per heavy atom. The SMILES string of the molecule is C=C1CC[C@H](CCCC(C)CC#CC)[C@H]1C[C@H]1OC1CCC(O[Si](C)(C)C(C)(C)C)(O[Si](C)(C)C(C)(C)C)C(=O)O. The number of ether oxygens (including phenoxy) is 1. The van der Waals surface area contributed by atoms with Crippen LogP contribution in [0.4, 0.5) is 0 Å². The summed E-state index contributed by atoms with van der Waals surface area (Å²) in [5.74, 6) is 5.41. The molecular weight excluding hydrogens is 545 g/mol. The van der Waals surface area contributed by atoms with E-state index in [0.29, 0.717) is 30.6 Å². The summed E-state index contributed by atoms with van der Waals surface area (Å²) in [5, 5.41) is 10.4. The van der Waals surface area contributed by atoms with Crippen LogP contribution in [0.1, 0.15) is 113 Å². The van der Waals surface area contributed by atoms with Crippen LogP contribution in [0.5, 0.6) is 0 Å². The molecule has 0 spiro atoms. The fraction of sp³-hybridized carbons (Fsp3) is 0.853. The molecule has 1 aliphatic carbocycles. The highest BCUT2D eigenvalue weighted by molar-refractivity contribution is 6.75. The largest absolute Gasteiger partial charge is 0.477 e. The smallest absolute Gasteiger partial charge is 0.362 e. The second kappa shape index (κ2) is 13.8. The van der Waals surface area contributed by atoms with E-state index in [-0.39, 0.29) is 22.3 Å². The predicted octanol–water partition coefficient (Wildman–Crippen LogP) is 9.55. The van der Waals surface area contributed by atoms with Gasteiger partial charge in [0.25, 0.3) is 5.79 Å². The number of aliphatic carboxylic acids is 1. The highest BCUT2D eigenvalue weighted by Crippen LogP contribution is 2.48. The van der Waals surface area contributed by atoms with Crippen LogP contribution < -0.4 is 0 Å². The van der Waals surface area contributed by atoms with E-state index in [9.17, 15) is 9.90 Å². The maximum atomic E-state index is 13.1. The van der Waals surface area contributed by atoms with Gasteiger partial charge >= 0.3 is 5.97 Å². The number of hydrogen-bond acceptors (Lipinski definition) is 4. The van der Waals surface area contributed by atoms with Gasteiger partial charge < -0.3 is 18.7 Å². The van der Waals surface area contributed by atoms with Gasteiger partial charge in [0.05, 0.1) is 12.2 Å². The van der Waals surface area contributed by atoms with E-state index in [1.54, 1.807) is 0 Å². The molecule has 1 heterocycles. The van der Waals surface area contributed by atoms with Crippen LogP contribution in [0, 0.1) is 29.6 Å². The number of epoxide rings is 1. The Balaban J connectivity index is 2.09. The Labute approximate surface area is 254 Å². The zero-order valence-corrected chi connectivity index (χ0v) is 30.5. The third kappa shape index (κ3) is 9.79. The van der Waals surface area contributed by atoms with Crippen molar-refractivity contribution < 1.29 is 23.5 Å². The van der Waals surface area contributed by atoms with Crippen LogP contribution in [-0.4, -0.2) is 45.7 Å². The first-order chi connectivity index (χ1) is 18.7. The van der Waals surface area contributed by atoms with Gasteiger partial charge in [-0.1, -0.05) is 67.0 Å². The number of carbonyl (C=O) groups is 1. The molecule has 0 aromatic heterocycles. The summed E-state index contributed by atoms with van der Waals surface area (Å²) < 4.78 is 19.6. The van der Waals surface area contributed by atoms with E-state index in [2.05, 4.69) is 93.1 Å². The molecule has 1 saturated carbocycles. The molecule has 0 amide bonds. The van der Waals surface area contributed by atoms with Crippen molar-refractivity contribution in [3.8, 4) is 11.8 Å². The lowest BCUT2D eigenvalue weighted by Gasteiger charge is -2.48. The number of hydrogen-bond donors (Lipinski definition) is 1. The Morgan fingerprint density at radius 1 is 1.05 bits per heavy atom. The van der Waals surface area contributed by atoms with Crippen LogP contribution in [-0.2, 0) is 18.4 Å². The van der Waals surface area contributed by atoms with Gasteiger partial charge in [-0.25, -0.2) is 4.79 Å². The van der Waals surface area contributed by atoms with Gasteiger partial charge in [0.1, 0.15) is 0 Å². The van der Waals surface area contributed by atoms with Gasteiger partial charge in [-0.15, -0.1) is 11.8 Å². The third-order valence-corrected chi connectivity index (χ3v) is 19.4. The standard InChI is InChI=1S/C34H62O5Si2/c1-14-15-17-25(2)18-16-19-27-21-20-26(3)28(27)24-30-29(37-30)22-23-34(31(35)36,38-40(10,11)32(4,5)6)39-41(12,13)33(7,8)9/h25,27-30H,3,16-24H2,1-2,4-13H3,(H,35,36)/t25?,27-,28-,29?,30+/m0/s1. The molecule has 2 rings (SSSR count). The molecule has 0 aromatic carbocycles. The second-order valence-electron chi connectivity index (χ2n) is 16.0. The van der Waals surface area contributed by atoms with Crippen molar-refractivity contribution in [3.63, 3.8) is 0 Å². The highest BCUT2D eigenvalue weighted by Gasteiger charge is 2.56. The summed E-state index contributed by atoms with van der Waals surface area (Å²) >= 11 is 0. The van der Waals surface area contributed by atoms with E-state index in [1.807, 2.05) is 6.92 Å². The Kier molecular flexibility index (Phi) is 12.2.